The number of rotatable bonds is 7. The summed E-state index contributed by atoms with van der Waals surface area (Å²) in [7, 11) is 3.37. The van der Waals surface area contributed by atoms with Gasteiger partial charge in [-0.05, 0) is 12.1 Å². The molecule has 1 aliphatic heterocycles. The van der Waals surface area contributed by atoms with Crippen molar-refractivity contribution < 1.29 is 9.47 Å². The van der Waals surface area contributed by atoms with E-state index in [4.69, 9.17) is 21.1 Å². The van der Waals surface area contributed by atoms with Gasteiger partial charge >= 0.3 is 0 Å². The summed E-state index contributed by atoms with van der Waals surface area (Å²) in [6, 6.07) is 4.04. The average Bonchev–Trinajstić information content (AvgIpc) is 3.00. The predicted molar refractivity (Wildman–Crippen MR) is 99.6 cm³/mol. The van der Waals surface area contributed by atoms with E-state index in [1.54, 1.807) is 26.0 Å². The second-order valence-corrected chi connectivity index (χ2v) is 7.14. The Morgan fingerprint density at radius 2 is 2.12 bits per heavy atom. The van der Waals surface area contributed by atoms with Crippen molar-refractivity contribution in [2.24, 2.45) is 0 Å². The third kappa shape index (κ3) is 4.15. The summed E-state index contributed by atoms with van der Waals surface area (Å²) in [5.74, 6) is 0.780. The molecule has 1 aromatic carbocycles. The number of nitrogens with zero attached hydrogens (tertiary/aromatic N) is 2. The van der Waals surface area contributed by atoms with Crippen molar-refractivity contribution in [3.05, 3.63) is 17.2 Å². The van der Waals surface area contributed by atoms with Crippen molar-refractivity contribution in [1.29, 1.82) is 0 Å². The van der Waals surface area contributed by atoms with Gasteiger partial charge in [-0.2, -0.15) is 0 Å². The third-order valence-electron chi connectivity index (χ3n) is 4.08. The molecule has 8 heteroatoms. The lowest BCUT2D eigenvalue weighted by molar-refractivity contribution is 0.0430. The van der Waals surface area contributed by atoms with E-state index in [0.717, 1.165) is 58.8 Å². The highest BCUT2D eigenvalue weighted by molar-refractivity contribution is 7.99. The summed E-state index contributed by atoms with van der Waals surface area (Å²) in [6.07, 6.45) is 0.0493. The molecule has 0 bridgehead atoms. The molecule has 2 N–H and O–H groups in total. The molecule has 0 spiro atoms. The van der Waals surface area contributed by atoms with Crippen LogP contribution in [0.4, 0.5) is 5.69 Å². The molecule has 1 aliphatic rings. The Hall–Kier alpha value is -0.990. The first kappa shape index (κ1) is 17.8. The Labute approximate surface area is 151 Å². The molecule has 0 amide bonds. The first-order chi connectivity index (χ1) is 11.7. The molecular weight excluding hydrogens is 348 g/mol. The molecule has 132 valence electrons. The molecule has 24 heavy (non-hydrogen) atoms. The van der Waals surface area contributed by atoms with Crippen LogP contribution in [0.25, 0.3) is 11.0 Å². The average molecular weight is 371 g/mol. The number of thioether (sulfide) groups is 1. The summed E-state index contributed by atoms with van der Waals surface area (Å²) < 4.78 is 10.5. The first-order valence-corrected chi connectivity index (χ1v) is 9.37. The van der Waals surface area contributed by atoms with E-state index in [2.05, 4.69) is 26.3 Å². The van der Waals surface area contributed by atoms with Crippen LogP contribution in [0.15, 0.2) is 17.3 Å². The molecule has 0 saturated carbocycles. The van der Waals surface area contributed by atoms with Crippen LogP contribution in [0, 0.1) is 0 Å². The minimum absolute atomic E-state index is 0.0493. The van der Waals surface area contributed by atoms with E-state index in [9.17, 15) is 0 Å². The molecule has 3 rings (SSSR count). The number of imidazole rings is 1. The number of ether oxygens (including phenoxy) is 2. The number of anilines is 1. The van der Waals surface area contributed by atoms with E-state index in [-0.39, 0.29) is 6.10 Å². The van der Waals surface area contributed by atoms with Crippen molar-refractivity contribution in [3.63, 3.8) is 0 Å². The largest absolute Gasteiger partial charge is 0.382 e. The van der Waals surface area contributed by atoms with Crippen molar-refractivity contribution in [1.82, 2.24) is 15.3 Å². The molecular formula is C16H23ClN4O2S. The number of fused-ring (bicyclic) bond motifs is 1. The quantitative estimate of drug-likeness (QED) is 0.730. The smallest absolute Gasteiger partial charge is 0.166 e. The number of piperazine rings is 1. The van der Waals surface area contributed by atoms with Crippen molar-refractivity contribution >= 4 is 40.1 Å². The van der Waals surface area contributed by atoms with Crippen LogP contribution in [0.2, 0.25) is 5.02 Å². The van der Waals surface area contributed by atoms with Crippen LogP contribution in [0.5, 0.6) is 0 Å². The van der Waals surface area contributed by atoms with E-state index >= 15 is 0 Å². The van der Waals surface area contributed by atoms with E-state index < -0.39 is 0 Å². The number of hydrogen-bond acceptors (Lipinski definition) is 6. The zero-order valence-electron chi connectivity index (χ0n) is 14.0. The molecule has 1 atom stereocenters. The third-order valence-corrected chi connectivity index (χ3v) is 5.39. The topological polar surface area (TPSA) is 62.4 Å². The Bertz CT molecular complexity index is 675. The normalized spacial score (nSPS) is 16.7. The van der Waals surface area contributed by atoms with Gasteiger partial charge in [0.2, 0.25) is 0 Å². The maximum atomic E-state index is 6.48. The zero-order valence-corrected chi connectivity index (χ0v) is 15.5. The molecule has 1 unspecified atom stereocenters. The maximum Gasteiger partial charge on any atom is 0.166 e. The number of H-pyrrole nitrogens is 1. The molecule has 1 fully saturated rings. The van der Waals surface area contributed by atoms with Crippen LogP contribution in [-0.4, -0.2) is 68.8 Å². The van der Waals surface area contributed by atoms with Gasteiger partial charge in [0.15, 0.2) is 5.16 Å². The van der Waals surface area contributed by atoms with Gasteiger partial charge in [0.1, 0.15) is 0 Å². The van der Waals surface area contributed by atoms with Gasteiger partial charge in [-0.15, -0.1) is 0 Å². The highest BCUT2D eigenvalue weighted by Gasteiger charge is 2.16. The van der Waals surface area contributed by atoms with E-state index in [0.29, 0.717) is 6.61 Å². The van der Waals surface area contributed by atoms with Gasteiger partial charge in [0.05, 0.1) is 34.5 Å². The highest BCUT2D eigenvalue weighted by atomic mass is 35.5. The zero-order chi connectivity index (χ0) is 16.9. The number of aromatic nitrogens is 2. The standard InChI is InChI=1S/C16H23ClN4O2S/c1-22-9-11(23-2)10-24-16-19-13-7-12(17)15(8-14(13)20-16)21-5-3-18-4-6-21/h7-8,11,18H,3-6,9-10H2,1-2H3,(H,19,20). The lowest BCUT2D eigenvalue weighted by Crippen LogP contribution is -2.43. The lowest BCUT2D eigenvalue weighted by atomic mass is 10.2. The Morgan fingerprint density at radius 1 is 1.33 bits per heavy atom. The molecule has 6 nitrogen and oxygen atoms in total. The summed E-state index contributed by atoms with van der Waals surface area (Å²) in [5.41, 5.74) is 2.96. The van der Waals surface area contributed by atoms with Crippen LogP contribution >= 0.6 is 23.4 Å². The van der Waals surface area contributed by atoms with Gasteiger partial charge in [-0.3, -0.25) is 0 Å². The summed E-state index contributed by atoms with van der Waals surface area (Å²) in [5, 5.41) is 4.99. The number of nitrogens with one attached hydrogen (secondary N) is 2. The van der Waals surface area contributed by atoms with E-state index in [1.165, 1.54) is 0 Å². The van der Waals surface area contributed by atoms with Crippen molar-refractivity contribution in [2.75, 3.05) is 57.7 Å². The van der Waals surface area contributed by atoms with Crippen LogP contribution in [-0.2, 0) is 9.47 Å². The maximum absolute atomic E-state index is 6.48. The van der Waals surface area contributed by atoms with Gasteiger partial charge in [-0.25, -0.2) is 4.98 Å². The Balaban J connectivity index is 1.75. The van der Waals surface area contributed by atoms with Gasteiger partial charge < -0.3 is 24.7 Å². The first-order valence-electron chi connectivity index (χ1n) is 8.00. The molecule has 0 aliphatic carbocycles. The fourth-order valence-corrected chi connectivity index (χ4v) is 3.96. The van der Waals surface area contributed by atoms with Crippen LogP contribution in [0.3, 0.4) is 0 Å². The molecule has 1 saturated heterocycles. The van der Waals surface area contributed by atoms with Crippen LogP contribution in [0.1, 0.15) is 0 Å². The summed E-state index contributed by atoms with van der Waals surface area (Å²) in [6.45, 7) is 4.46. The fourth-order valence-electron chi connectivity index (χ4n) is 2.75. The van der Waals surface area contributed by atoms with Gasteiger partial charge in [0.25, 0.3) is 0 Å². The van der Waals surface area contributed by atoms with Gasteiger partial charge in [0, 0.05) is 46.2 Å². The molecule has 2 heterocycles. The van der Waals surface area contributed by atoms with Crippen LogP contribution < -0.4 is 10.2 Å². The lowest BCUT2D eigenvalue weighted by Gasteiger charge is -2.30. The van der Waals surface area contributed by atoms with Crippen molar-refractivity contribution in [3.8, 4) is 0 Å². The molecule has 1 aromatic heterocycles. The molecule has 2 aromatic rings. The van der Waals surface area contributed by atoms with E-state index in [1.807, 2.05) is 6.07 Å². The van der Waals surface area contributed by atoms with Crippen molar-refractivity contribution in [2.45, 2.75) is 11.3 Å². The summed E-state index contributed by atoms with van der Waals surface area (Å²) >= 11 is 8.11. The minimum atomic E-state index is 0.0493. The monoisotopic (exact) mass is 370 g/mol. The number of hydrogen-bond donors (Lipinski definition) is 2. The van der Waals surface area contributed by atoms with Gasteiger partial charge in [-0.1, -0.05) is 23.4 Å². The highest BCUT2D eigenvalue weighted by Crippen LogP contribution is 2.31. The predicted octanol–water partition coefficient (Wildman–Crippen LogP) is 2.38. The fraction of sp³-hybridized carbons (Fsp3) is 0.562. The second-order valence-electron chi connectivity index (χ2n) is 5.72. The number of benzene rings is 1. The second kappa shape index (κ2) is 8.40. The Morgan fingerprint density at radius 3 is 2.83 bits per heavy atom. The number of halogens is 1. The molecule has 0 radical (unpaired) electrons. The summed E-state index contributed by atoms with van der Waals surface area (Å²) in [4.78, 5) is 10.3. The Kier molecular flexibility index (Phi) is 6.24. The number of aromatic amines is 1. The SMILES string of the molecule is COCC(CSc1nc2cc(N3CCNCC3)c(Cl)cc2[nH]1)OC. The minimum Gasteiger partial charge on any atom is -0.382 e. The number of methoxy groups -OCH3 is 2.